The molecule has 0 spiro atoms. The topological polar surface area (TPSA) is 60.0 Å². The van der Waals surface area contributed by atoms with Gasteiger partial charge >= 0.3 is 0 Å². The molecular weight excluding hydrogens is 296 g/mol. The van der Waals surface area contributed by atoms with Gasteiger partial charge in [-0.1, -0.05) is 0 Å². The van der Waals surface area contributed by atoms with E-state index < -0.39 is 0 Å². The number of piperidine rings is 1. The average Bonchev–Trinajstić information content (AvgIpc) is 2.59. The van der Waals surface area contributed by atoms with Crippen LogP contribution >= 0.6 is 0 Å². The van der Waals surface area contributed by atoms with Gasteiger partial charge in [-0.15, -0.1) is 0 Å². The highest BCUT2D eigenvalue weighted by molar-refractivity contribution is 5.95. The summed E-state index contributed by atoms with van der Waals surface area (Å²) >= 11 is 0. The summed E-state index contributed by atoms with van der Waals surface area (Å²) in [5.74, 6) is 1.87. The molecule has 1 aliphatic heterocycles. The van der Waals surface area contributed by atoms with Gasteiger partial charge in [-0.2, -0.15) is 0 Å². The van der Waals surface area contributed by atoms with Crippen LogP contribution in [0.4, 0.5) is 0 Å². The Balaban J connectivity index is 2.04. The molecule has 1 aliphatic rings. The first-order valence-corrected chi connectivity index (χ1v) is 7.85. The molecule has 1 aromatic carbocycles. The molecule has 0 unspecified atom stereocenters. The zero-order valence-electron chi connectivity index (χ0n) is 14.3. The SMILES string of the molecule is COc1cc(C(=O)NCC2CCN(C)CC2)cc(OC)c1OC. The number of hydrogen-bond acceptors (Lipinski definition) is 5. The summed E-state index contributed by atoms with van der Waals surface area (Å²) < 4.78 is 15.8. The molecule has 23 heavy (non-hydrogen) atoms. The van der Waals surface area contributed by atoms with Gasteiger partial charge in [0.15, 0.2) is 11.5 Å². The lowest BCUT2D eigenvalue weighted by atomic mass is 9.97. The second kappa shape index (κ2) is 8.06. The maximum atomic E-state index is 12.4. The zero-order valence-corrected chi connectivity index (χ0v) is 14.3. The normalized spacial score (nSPS) is 16.0. The molecule has 0 radical (unpaired) electrons. The van der Waals surface area contributed by atoms with E-state index in [1.807, 2.05) is 0 Å². The maximum absolute atomic E-state index is 12.4. The second-order valence-corrected chi connectivity index (χ2v) is 5.87. The lowest BCUT2D eigenvalue weighted by Crippen LogP contribution is -2.36. The number of ether oxygens (including phenoxy) is 3. The third-order valence-electron chi connectivity index (χ3n) is 4.32. The summed E-state index contributed by atoms with van der Waals surface area (Å²) in [6, 6.07) is 3.34. The highest BCUT2D eigenvalue weighted by Crippen LogP contribution is 2.38. The van der Waals surface area contributed by atoms with E-state index >= 15 is 0 Å². The van der Waals surface area contributed by atoms with E-state index in [0.29, 0.717) is 35.3 Å². The van der Waals surface area contributed by atoms with E-state index in [-0.39, 0.29) is 5.91 Å². The fourth-order valence-corrected chi connectivity index (χ4v) is 2.82. The van der Waals surface area contributed by atoms with Gasteiger partial charge in [-0.3, -0.25) is 4.79 Å². The maximum Gasteiger partial charge on any atom is 0.251 e. The van der Waals surface area contributed by atoms with Crippen molar-refractivity contribution in [3.8, 4) is 17.2 Å². The van der Waals surface area contributed by atoms with Crippen LogP contribution in [0.25, 0.3) is 0 Å². The summed E-state index contributed by atoms with van der Waals surface area (Å²) in [7, 11) is 6.75. The minimum absolute atomic E-state index is 0.122. The van der Waals surface area contributed by atoms with Crippen LogP contribution in [-0.4, -0.2) is 58.8 Å². The van der Waals surface area contributed by atoms with Crippen LogP contribution in [0.5, 0.6) is 17.2 Å². The number of carbonyl (C=O) groups is 1. The molecule has 1 N–H and O–H groups in total. The van der Waals surface area contributed by atoms with E-state index in [4.69, 9.17) is 14.2 Å². The van der Waals surface area contributed by atoms with Crippen molar-refractivity contribution in [3.63, 3.8) is 0 Å². The van der Waals surface area contributed by atoms with Crippen LogP contribution in [0.15, 0.2) is 12.1 Å². The van der Waals surface area contributed by atoms with Crippen LogP contribution < -0.4 is 19.5 Å². The molecule has 0 bridgehead atoms. The smallest absolute Gasteiger partial charge is 0.251 e. The van der Waals surface area contributed by atoms with Crippen molar-refractivity contribution >= 4 is 5.91 Å². The molecule has 0 saturated carbocycles. The number of hydrogen-bond donors (Lipinski definition) is 1. The van der Waals surface area contributed by atoms with E-state index in [2.05, 4.69) is 17.3 Å². The predicted molar refractivity (Wildman–Crippen MR) is 88.7 cm³/mol. The molecule has 1 saturated heterocycles. The lowest BCUT2D eigenvalue weighted by Gasteiger charge is -2.28. The summed E-state index contributed by atoms with van der Waals surface area (Å²) in [6.07, 6.45) is 2.23. The third kappa shape index (κ3) is 4.28. The van der Waals surface area contributed by atoms with Crippen LogP contribution in [0.1, 0.15) is 23.2 Å². The predicted octanol–water partition coefficient (Wildman–Crippen LogP) is 1.78. The monoisotopic (exact) mass is 322 g/mol. The lowest BCUT2D eigenvalue weighted by molar-refractivity contribution is 0.0938. The number of methoxy groups -OCH3 is 3. The fraction of sp³-hybridized carbons (Fsp3) is 0.588. The molecule has 1 heterocycles. The van der Waals surface area contributed by atoms with Crippen molar-refractivity contribution < 1.29 is 19.0 Å². The number of likely N-dealkylation sites (tertiary alicyclic amines) is 1. The van der Waals surface area contributed by atoms with Crippen molar-refractivity contribution in [3.05, 3.63) is 17.7 Å². The Morgan fingerprint density at radius 1 is 1.13 bits per heavy atom. The highest BCUT2D eigenvalue weighted by Gasteiger charge is 2.20. The van der Waals surface area contributed by atoms with Crippen molar-refractivity contribution in [1.82, 2.24) is 10.2 Å². The van der Waals surface area contributed by atoms with Gasteiger partial charge in [-0.05, 0) is 51.0 Å². The molecule has 0 aliphatic carbocycles. The molecule has 1 amide bonds. The molecule has 128 valence electrons. The summed E-state index contributed by atoms with van der Waals surface area (Å²) in [4.78, 5) is 14.7. The van der Waals surface area contributed by atoms with Gasteiger partial charge in [0.25, 0.3) is 5.91 Å². The molecule has 0 atom stereocenters. The van der Waals surface area contributed by atoms with Crippen LogP contribution in [-0.2, 0) is 0 Å². The highest BCUT2D eigenvalue weighted by atomic mass is 16.5. The van der Waals surface area contributed by atoms with Crippen molar-refractivity contribution in [2.45, 2.75) is 12.8 Å². The van der Waals surface area contributed by atoms with Crippen LogP contribution in [0.2, 0.25) is 0 Å². The van der Waals surface area contributed by atoms with E-state index in [1.165, 1.54) is 14.2 Å². The van der Waals surface area contributed by atoms with Crippen LogP contribution in [0.3, 0.4) is 0 Å². The standard InChI is InChI=1S/C17H26N2O4/c1-19-7-5-12(6-8-19)11-18-17(20)13-9-14(21-2)16(23-4)15(10-13)22-3/h9-10,12H,5-8,11H2,1-4H3,(H,18,20). The Bertz CT molecular complexity index is 514. The fourth-order valence-electron chi connectivity index (χ4n) is 2.82. The Morgan fingerprint density at radius 2 is 1.70 bits per heavy atom. The second-order valence-electron chi connectivity index (χ2n) is 5.87. The molecular formula is C17H26N2O4. The summed E-state index contributed by atoms with van der Waals surface area (Å²) in [5, 5.41) is 3.01. The Kier molecular flexibility index (Phi) is 6.10. The Morgan fingerprint density at radius 3 is 2.17 bits per heavy atom. The molecule has 0 aromatic heterocycles. The van der Waals surface area contributed by atoms with Gasteiger partial charge in [0, 0.05) is 12.1 Å². The first kappa shape index (κ1) is 17.4. The van der Waals surface area contributed by atoms with Crippen LogP contribution in [0, 0.1) is 5.92 Å². The van der Waals surface area contributed by atoms with E-state index in [1.54, 1.807) is 19.2 Å². The minimum atomic E-state index is -0.122. The minimum Gasteiger partial charge on any atom is -0.493 e. The molecule has 1 fully saturated rings. The van der Waals surface area contributed by atoms with Gasteiger partial charge in [-0.25, -0.2) is 0 Å². The largest absolute Gasteiger partial charge is 0.493 e. The summed E-state index contributed by atoms with van der Waals surface area (Å²) in [6.45, 7) is 2.87. The average molecular weight is 322 g/mol. The Labute approximate surface area is 137 Å². The number of benzene rings is 1. The van der Waals surface area contributed by atoms with Gasteiger partial charge < -0.3 is 24.4 Å². The molecule has 6 nitrogen and oxygen atoms in total. The number of carbonyl (C=O) groups excluding carboxylic acids is 1. The first-order chi connectivity index (χ1) is 11.1. The van der Waals surface area contributed by atoms with Gasteiger partial charge in [0.05, 0.1) is 21.3 Å². The van der Waals surface area contributed by atoms with Gasteiger partial charge in [0.2, 0.25) is 5.75 Å². The van der Waals surface area contributed by atoms with E-state index in [9.17, 15) is 4.79 Å². The molecule has 6 heteroatoms. The van der Waals surface area contributed by atoms with Crippen molar-refractivity contribution in [2.75, 3.05) is 48.0 Å². The Hall–Kier alpha value is -1.95. The molecule has 1 aromatic rings. The quantitative estimate of drug-likeness (QED) is 0.865. The summed E-state index contributed by atoms with van der Waals surface area (Å²) in [5.41, 5.74) is 0.507. The number of rotatable bonds is 6. The third-order valence-corrected chi connectivity index (χ3v) is 4.32. The number of nitrogens with zero attached hydrogens (tertiary/aromatic N) is 1. The van der Waals surface area contributed by atoms with Crippen molar-refractivity contribution in [1.29, 1.82) is 0 Å². The number of amides is 1. The zero-order chi connectivity index (χ0) is 16.8. The molecule has 2 rings (SSSR count). The number of nitrogens with one attached hydrogen (secondary N) is 1. The first-order valence-electron chi connectivity index (χ1n) is 7.85. The van der Waals surface area contributed by atoms with E-state index in [0.717, 1.165) is 25.9 Å². The van der Waals surface area contributed by atoms with Gasteiger partial charge in [0.1, 0.15) is 0 Å². The van der Waals surface area contributed by atoms with Crippen molar-refractivity contribution in [2.24, 2.45) is 5.92 Å².